The molecule has 0 atom stereocenters. The Morgan fingerprint density at radius 2 is 2.16 bits per heavy atom. The van der Waals surface area contributed by atoms with E-state index in [1.165, 1.54) is 11.1 Å². The summed E-state index contributed by atoms with van der Waals surface area (Å²) in [6, 6.07) is 8.43. The molecule has 1 fully saturated rings. The monoisotopic (exact) mass is 273 g/mol. The molecule has 0 unspecified atom stereocenters. The van der Waals surface area contributed by atoms with Gasteiger partial charge in [0.2, 0.25) is 0 Å². The zero-order chi connectivity index (χ0) is 13.5. The van der Waals surface area contributed by atoms with Gasteiger partial charge in [0.25, 0.3) is 0 Å². The summed E-state index contributed by atoms with van der Waals surface area (Å²) in [6.07, 6.45) is 4.89. The Labute approximate surface area is 118 Å². The third kappa shape index (κ3) is 4.04. The lowest BCUT2D eigenvalue weighted by molar-refractivity contribution is 0.731. The van der Waals surface area contributed by atoms with E-state index in [-0.39, 0.29) is 0 Å². The first-order chi connectivity index (χ1) is 9.33. The number of thioether (sulfide) groups is 1. The van der Waals surface area contributed by atoms with Gasteiger partial charge in [-0.15, -0.1) is 0 Å². The van der Waals surface area contributed by atoms with Crippen molar-refractivity contribution in [2.45, 2.75) is 12.2 Å². The van der Waals surface area contributed by atoms with E-state index in [1.54, 1.807) is 0 Å². The van der Waals surface area contributed by atoms with E-state index < -0.39 is 0 Å². The number of hydrogen-bond donors (Lipinski definition) is 1. The average Bonchev–Trinajstić information content (AvgIpc) is 2.44. The van der Waals surface area contributed by atoms with Crippen LogP contribution in [0, 0.1) is 0 Å². The fourth-order valence-electron chi connectivity index (χ4n) is 2.04. The summed E-state index contributed by atoms with van der Waals surface area (Å²) >= 11 is 1.83. The maximum atomic E-state index is 4.71. The largest absolute Gasteiger partial charge is 0.311 e. The molecule has 0 spiro atoms. The van der Waals surface area contributed by atoms with Gasteiger partial charge in [-0.3, -0.25) is 9.98 Å². The van der Waals surface area contributed by atoms with Crippen molar-refractivity contribution in [2.24, 2.45) is 9.98 Å². The summed E-state index contributed by atoms with van der Waals surface area (Å²) < 4.78 is 0. The molecule has 1 aliphatic heterocycles. The SMILES string of the molecule is C=N/C=C1/CCNCC1=Nc1ccc(CSC)cc1. The standard InChI is InChI=1S/C15H19N3S/c1-16-9-13-7-8-17-10-15(13)18-14-5-3-12(4-6-14)11-19-2/h3-6,9,17H,1,7-8,10-11H2,2H3/b13-9-,18-15?. The van der Waals surface area contributed by atoms with E-state index >= 15 is 0 Å². The molecule has 0 amide bonds. The van der Waals surface area contributed by atoms with Crippen LogP contribution >= 0.6 is 11.8 Å². The van der Waals surface area contributed by atoms with Gasteiger partial charge >= 0.3 is 0 Å². The molecule has 0 aliphatic carbocycles. The topological polar surface area (TPSA) is 36.8 Å². The van der Waals surface area contributed by atoms with Gasteiger partial charge in [0.05, 0.1) is 11.4 Å². The maximum Gasteiger partial charge on any atom is 0.0633 e. The summed E-state index contributed by atoms with van der Waals surface area (Å²) in [5.74, 6) is 1.05. The second kappa shape index (κ2) is 7.26. The Morgan fingerprint density at radius 1 is 1.37 bits per heavy atom. The molecule has 1 aromatic carbocycles. The zero-order valence-corrected chi connectivity index (χ0v) is 12.0. The minimum atomic E-state index is 0.800. The van der Waals surface area contributed by atoms with Gasteiger partial charge in [-0.05, 0) is 49.2 Å². The highest BCUT2D eigenvalue weighted by Crippen LogP contribution is 2.19. The summed E-state index contributed by atoms with van der Waals surface area (Å²) in [5, 5.41) is 3.34. The van der Waals surface area contributed by atoms with Crippen LogP contribution in [0.15, 0.2) is 46.0 Å². The Hall–Kier alpha value is -1.39. The molecular formula is C15H19N3S. The van der Waals surface area contributed by atoms with Crippen molar-refractivity contribution in [1.29, 1.82) is 0 Å². The summed E-state index contributed by atoms with van der Waals surface area (Å²) in [6.45, 7) is 5.30. The van der Waals surface area contributed by atoms with Gasteiger partial charge in [0.1, 0.15) is 0 Å². The molecule has 0 radical (unpaired) electrons. The molecule has 1 aromatic rings. The highest BCUT2D eigenvalue weighted by molar-refractivity contribution is 7.97. The van der Waals surface area contributed by atoms with E-state index in [2.05, 4.69) is 47.5 Å². The van der Waals surface area contributed by atoms with Crippen molar-refractivity contribution in [3.05, 3.63) is 41.6 Å². The molecule has 19 heavy (non-hydrogen) atoms. The number of piperidine rings is 1. The minimum absolute atomic E-state index is 0.800. The third-order valence-corrected chi connectivity index (χ3v) is 3.61. The van der Waals surface area contributed by atoms with Crippen LogP contribution < -0.4 is 5.32 Å². The molecule has 100 valence electrons. The highest BCUT2D eigenvalue weighted by atomic mass is 32.2. The van der Waals surface area contributed by atoms with Crippen molar-refractivity contribution in [2.75, 3.05) is 19.3 Å². The van der Waals surface area contributed by atoms with Gasteiger partial charge in [-0.2, -0.15) is 11.8 Å². The van der Waals surface area contributed by atoms with Crippen molar-refractivity contribution >= 4 is 29.9 Å². The first kappa shape index (κ1) is 14.0. The zero-order valence-electron chi connectivity index (χ0n) is 11.2. The molecule has 0 saturated carbocycles. The molecule has 1 aliphatic rings. The molecule has 3 nitrogen and oxygen atoms in total. The summed E-state index contributed by atoms with van der Waals surface area (Å²) in [5.41, 5.74) is 4.58. The fourth-order valence-corrected chi connectivity index (χ4v) is 2.56. The molecule has 1 N–H and O–H groups in total. The van der Waals surface area contributed by atoms with Crippen molar-refractivity contribution in [3.8, 4) is 0 Å². The van der Waals surface area contributed by atoms with Crippen LogP contribution in [0.3, 0.4) is 0 Å². The Morgan fingerprint density at radius 3 is 2.84 bits per heavy atom. The third-order valence-electron chi connectivity index (χ3n) is 2.99. The fraction of sp³-hybridized carbons (Fsp3) is 0.333. The average molecular weight is 273 g/mol. The molecule has 0 bridgehead atoms. The predicted molar refractivity (Wildman–Crippen MR) is 85.9 cm³/mol. The lowest BCUT2D eigenvalue weighted by Crippen LogP contribution is -2.31. The summed E-state index contributed by atoms with van der Waals surface area (Å²) in [4.78, 5) is 8.58. The lowest BCUT2D eigenvalue weighted by atomic mass is 10.0. The van der Waals surface area contributed by atoms with Gasteiger partial charge in [-0.25, -0.2) is 0 Å². The van der Waals surface area contributed by atoms with Crippen LogP contribution in [-0.2, 0) is 5.75 Å². The van der Waals surface area contributed by atoms with E-state index in [1.807, 2.05) is 18.0 Å². The quantitative estimate of drug-likeness (QED) is 0.855. The number of benzene rings is 1. The van der Waals surface area contributed by atoms with Gasteiger partial charge in [-0.1, -0.05) is 12.1 Å². The Bertz CT molecular complexity index is 489. The van der Waals surface area contributed by atoms with Crippen molar-refractivity contribution in [3.63, 3.8) is 0 Å². The molecule has 1 saturated heterocycles. The molecule has 2 rings (SSSR count). The minimum Gasteiger partial charge on any atom is -0.311 e. The first-order valence-corrected chi connectivity index (χ1v) is 7.74. The van der Waals surface area contributed by atoms with Gasteiger partial charge < -0.3 is 5.32 Å². The molecule has 1 heterocycles. The number of hydrogen-bond acceptors (Lipinski definition) is 4. The smallest absolute Gasteiger partial charge is 0.0633 e. The van der Waals surface area contributed by atoms with E-state index in [0.29, 0.717) is 0 Å². The summed E-state index contributed by atoms with van der Waals surface area (Å²) in [7, 11) is 0. The van der Waals surface area contributed by atoms with E-state index in [9.17, 15) is 0 Å². The second-order valence-corrected chi connectivity index (χ2v) is 5.29. The maximum absolute atomic E-state index is 4.71. The second-order valence-electron chi connectivity index (χ2n) is 4.42. The van der Waals surface area contributed by atoms with Crippen LogP contribution in [-0.4, -0.2) is 31.8 Å². The van der Waals surface area contributed by atoms with E-state index in [4.69, 9.17) is 4.99 Å². The van der Waals surface area contributed by atoms with Crippen LogP contribution in [0.4, 0.5) is 5.69 Å². The van der Waals surface area contributed by atoms with Crippen LogP contribution in [0.1, 0.15) is 12.0 Å². The first-order valence-electron chi connectivity index (χ1n) is 6.35. The molecule has 0 aromatic heterocycles. The van der Waals surface area contributed by atoms with E-state index in [0.717, 1.165) is 36.7 Å². The molecular weight excluding hydrogens is 254 g/mol. The number of aliphatic imine (C=N–C) groups is 2. The normalized spacial score (nSPS) is 19.8. The lowest BCUT2D eigenvalue weighted by Gasteiger charge is -2.17. The van der Waals surface area contributed by atoms with Crippen LogP contribution in [0.2, 0.25) is 0 Å². The highest BCUT2D eigenvalue weighted by Gasteiger charge is 2.12. The number of nitrogens with one attached hydrogen (secondary N) is 1. The number of rotatable bonds is 4. The number of nitrogens with zero attached hydrogens (tertiary/aromatic N) is 2. The predicted octanol–water partition coefficient (Wildman–Crippen LogP) is 3.20. The Balaban J connectivity index is 2.18. The molecule has 4 heteroatoms. The van der Waals surface area contributed by atoms with Gasteiger partial charge in [0.15, 0.2) is 0 Å². The van der Waals surface area contributed by atoms with Crippen LogP contribution in [0.25, 0.3) is 0 Å². The van der Waals surface area contributed by atoms with Crippen molar-refractivity contribution in [1.82, 2.24) is 5.32 Å². The van der Waals surface area contributed by atoms with Gasteiger partial charge in [0, 0.05) is 18.5 Å². The van der Waals surface area contributed by atoms with Crippen molar-refractivity contribution < 1.29 is 0 Å². The Kier molecular flexibility index (Phi) is 5.36. The van der Waals surface area contributed by atoms with Crippen LogP contribution in [0.5, 0.6) is 0 Å².